The van der Waals surface area contributed by atoms with Crippen molar-refractivity contribution in [1.29, 1.82) is 0 Å². The van der Waals surface area contributed by atoms with Crippen molar-refractivity contribution in [2.45, 2.75) is 77.2 Å². The minimum absolute atomic E-state index is 0.590. The summed E-state index contributed by atoms with van der Waals surface area (Å²) in [5, 5.41) is 3.56. The van der Waals surface area contributed by atoms with Gasteiger partial charge in [0.15, 0.2) is 0 Å². The van der Waals surface area contributed by atoms with E-state index in [1.54, 1.807) is 0 Å². The van der Waals surface area contributed by atoms with Gasteiger partial charge in [0.1, 0.15) is 0 Å². The molecular formula is C16H30N2. The molecule has 0 aromatic rings. The number of nitrogens with one attached hydrogen (secondary N) is 1. The summed E-state index contributed by atoms with van der Waals surface area (Å²) in [5.41, 5.74) is 7.32. The summed E-state index contributed by atoms with van der Waals surface area (Å²) >= 11 is 0. The van der Waals surface area contributed by atoms with Gasteiger partial charge in [-0.3, -0.25) is 0 Å². The predicted octanol–water partition coefficient (Wildman–Crippen LogP) is 3.93. The smallest absolute Gasteiger partial charge is 0.0271 e. The second kappa shape index (κ2) is 7.06. The zero-order chi connectivity index (χ0) is 12.8. The molecule has 2 heteroatoms. The average Bonchev–Trinajstić information content (AvgIpc) is 2.46. The van der Waals surface area contributed by atoms with Crippen LogP contribution in [0.15, 0.2) is 11.9 Å². The van der Waals surface area contributed by atoms with Crippen LogP contribution >= 0.6 is 0 Å². The summed E-state index contributed by atoms with van der Waals surface area (Å²) < 4.78 is 0. The Hall–Kier alpha value is -0.660. The highest BCUT2D eigenvalue weighted by Gasteiger charge is 2.20. The van der Waals surface area contributed by atoms with Gasteiger partial charge < -0.3 is 11.1 Å². The highest BCUT2D eigenvalue weighted by Crippen LogP contribution is 2.28. The molecule has 2 fully saturated rings. The maximum Gasteiger partial charge on any atom is 0.0271 e. The van der Waals surface area contributed by atoms with Gasteiger partial charge >= 0.3 is 0 Å². The summed E-state index contributed by atoms with van der Waals surface area (Å²) in [6.45, 7) is 2.32. The van der Waals surface area contributed by atoms with Gasteiger partial charge in [-0.25, -0.2) is 0 Å². The van der Waals surface area contributed by atoms with Crippen LogP contribution < -0.4 is 11.1 Å². The Bertz CT molecular complexity index is 260. The second-order valence-electron chi connectivity index (χ2n) is 6.33. The van der Waals surface area contributed by atoms with Crippen LogP contribution in [0.25, 0.3) is 0 Å². The van der Waals surface area contributed by atoms with Crippen LogP contribution in [0.4, 0.5) is 0 Å². The first-order valence-electron chi connectivity index (χ1n) is 7.99. The molecule has 3 N–H and O–H groups in total. The van der Waals surface area contributed by atoms with Gasteiger partial charge in [-0.2, -0.15) is 0 Å². The van der Waals surface area contributed by atoms with Crippen LogP contribution in [0.3, 0.4) is 0 Å². The SMILES string of the molecule is CC(N/C=C(\N)C1CCCCC1)C1CCCCC1. The Morgan fingerprint density at radius 3 is 2.17 bits per heavy atom. The van der Waals surface area contributed by atoms with Crippen LogP contribution in [0, 0.1) is 11.8 Å². The molecule has 0 aliphatic heterocycles. The topological polar surface area (TPSA) is 38.0 Å². The lowest BCUT2D eigenvalue weighted by Crippen LogP contribution is -2.32. The van der Waals surface area contributed by atoms with Crippen LogP contribution in [0.5, 0.6) is 0 Å². The van der Waals surface area contributed by atoms with Crippen molar-refractivity contribution in [1.82, 2.24) is 5.32 Å². The Kier molecular flexibility index (Phi) is 5.40. The van der Waals surface area contributed by atoms with Crippen molar-refractivity contribution >= 4 is 0 Å². The monoisotopic (exact) mass is 250 g/mol. The fourth-order valence-corrected chi connectivity index (χ4v) is 3.55. The molecule has 0 bridgehead atoms. The third-order valence-electron chi connectivity index (χ3n) is 4.95. The van der Waals surface area contributed by atoms with Crippen LogP contribution in [-0.4, -0.2) is 6.04 Å². The number of hydrogen-bond acceptors (Lipinski definition) is 2. The van der Waals surface area contributed by atoms with E-state index < -0.39 is 0 Å². The van der Waals surface area contributed by atoms with E-state index >= 15 is 0 Å². The van der Waals surface area contributed by atoms with Crippen molar-refractivity contribution in [2.24, 2.45) is 17.6 Å². The number of nitrogens with two attached hydrogens (primary N) is 1. The Balaban J connectivity index is 1.77. The molecule has 0 saturated heterocycles. The fraction of sp³-hybridized carbons (Fsp3) is 0.875. The van der Waals surface area contributed by atoms with E-state index in [-0.39, 0.29) is 0 Å². The van der Waals surface area contributed by atoms with E-state index in [2.05, 4.69) is 18.4 Å². The van der Waals surface area contributed by atoms with E-state index in [4.69, 9.17) is 5.73 Å². The molecule has 0 spiro atoms. The Morgan fingerprint density at radius 1 is 1.00 bits per heavy atom. The van der Waals surface area contributed by atoms with Gasteiger partial charge in [-0.05, 0) is 44.4 Å². The largest absolute Gasteiger partial charge is 0.401 e. The first kappa shape index (κ1) is 13.8. The van der Waals surface area contributed by atoms with E-state index in [9.17, 15) is 0 Å². The van der Waals surface area contributed by atoms with Crippen LogP contribution in [-0.2, 0) is 0 Å². The van der Waals surface area contributed by atoms with Crippen molar-refractivity contribution in [3.63, 3.8) is 0 Å². The molecule has 1 unspecified atom stereocenters. The molecule has 2 aliphatic carbocycles. The molecule has 2 rings (SSSR count). The Morgan fingerprint density at radius 2 is 1.56 bits per heavy atom. The van der Waals surface area contributed by atoms with Gasteiger partial charge in [0, 0.05) is 17.9 Å². The molecule has 104 valence electrons. The van der Waals surface area contributed by atoms with Crippen molar-refractivity contribution in [2.75, 3.05) is 0 Å². The molecule has 0 aromatic heterocycles. The normalized spacial score (nSPS) is 25.9. The highest BCUT2D eigenvalue weighted by molar-refractivity contribution is 5.02. The highest BCUT2D eigenvalue weighted by atomic mass is 14.9. The fourth-order valence-electron chi connectivity index (χ4n) is 3.55. The number of rotatable bonds is 4. The standard InChI is InChI=1S/C16H30N2/c1-13(14-8-4-2-5-9-14)18-12-16(17)15-10-6-3-7-11-15/h12-15,18H,2-11,17H2,1H3/b16-12-. The number of allylic oxidation sites excluding steroid dienone is 1. The second-order valence-corrected chi connectivity index (χ2v) is 6.33. The number of hydrogen-bond donors (Lipinski definition) is 2. The average molecular weight is 250 g/mol. The van der Waals surface area contributed by atoms with Crippen LogP contribution in [0.2, 0.25) is 0 Å². The molecule has 2 nitrogen and oxygen atoms in total. The maximum absolute atomic E-state index is 6.22. The summed E-state index contributed by atoms with van der Waals surface area (Å²) in [7, 11) is 0. The van der Waals surface area contributed by atoms with Gasteiger partial charge in [-0.15, -0.1) is 0 Å². The third kappa shape index (κ3) is 3.93. The zero-order valence-corrected chi connectivity index (χ0v) is 12.0. The summed E-state index contributed by atoms with van der Waals surface area (Å²) in [6, 6.07) is 0.590. The molecule has 0 heterocycles. The maximum atomic E-state index is 6.22. The van der Waals surface area contributed by atoms with Gasteiger partial charge in [0.2, 0.25) is 0 Å². The van der Waals surface area contributed by atoms with Gasteiger partial charge in [-0.1, -0.05) is 38.5 Å². The van der Waals surface area contributed by atoms with E-state index in [1.807, 2.05) is 0 Å². The molecule has 2 saturated carbocycles. The van der Waals surface area contributed by atoms with Crippen molar-refractivity contribution in [3.05, 3.63) is 11.9 Å². The zero-order valence-electron chi connectivity index (χ0n) is 12.0. The molecule has 0 radical (unpaired) electrons. The summed E-state index contributed by atoms with van der Waals surface area (Å²) in [6.07, 6.45) is 15.9. The lowest BCUT2D eigenvalue weighted by molar-refractivity contribution is 0.295. The molecular weight excluding hydrogens is 220 g/mol. The molecule has 0 amide bonds. The van der Waals surface area contributed by atoms with E-state index in [1.165, 1.54) is 64.2 Å². The van der Waals surface area contributed by atoms with E-state index in [0.29, 0.717) is 12.0 Å². The molecule has 0 aromatic carbocycles. The minimum atomic E-state index is 0.590. The van der Waals surface area contributed by atoms with E-state index in [0.717, 1.165) is 11.6 Å². The van der Waals surface area contributed by atoms with Gasteiger partial charge in [0.25, 0.3) is 0 Å². The van der Waals surface area contributed by atoms with Crippen molar-refractivity contribution in [3.8, 4) is 0 Å². The summed E-state index contributed by atoms with van der Waals surface area (Å²) in [5.74, 6) is 1.50. The lowest BCUT2D eigenvalue weighted by atomic mass is 9.84. The lowest BCUT2D eigenvalue weighted by Gasteiger charge is -2.28. The Labute approximate surface area is 112 Å². The summed E-state index contributed by atoms with van der Waals surface area (Å²) in [4.78, 5) is 0. The first-order valence-corrected chi connectivity index (χ1v) is 7.99. The van der Waals surface area contributed by atoms with Crippen molar-refractivity contribution < 1.29 is 0 Å². The molecule has 18 heavy (non-hydrogen) atoms. The third-order valence-corrected chi connectivity index (χ3v) is 4.95. The van der Waals surface area contributed by atoms with Crippen LogP contribution in [0.1, 0.15) is 71.1 Å². The molecule has 2 aliphatic rings. The van der Waals surface area contributed by atoms with Gasteiger partial charge in [0.05, 0.1) is 0 Å². The minimum Gasteiger partial charge on any atom is -0.401 e. The predicted molar refractivity (Wildman–Crippen MR) is 78.0 cm³/mol. The quantitative estimate of drug-likeness (QED) is 0.793. The molecule has 1 atom stereocenters. The first-order chi connectivity index (χ1) is 8.77.